The SMILES string of the molecule is [C-]#[N+]/C(C(=O)OCCCC)=C1/Sc2c(OC(=O)C3CCC(C)CC3)ccc(OC(=O)C3CCC(OC(=O)C4CCC(C(=O)OCCCCOC(=O)C=C)CC4)CC3)c2S1. The van der Waals surface area contributed by atoms with Gasteiger partial charge in [-0.15, -0.1) is 0 Å². The van der Waals surface area contributed by atoms with Crippen LogP contribution in [0.5, 0.6) is 11.5 Å². The zero-order valence-electron chi connectivity index (χ0n) is 34.0. The van der Waals surface area contributed by atoms with E-state index in [0.717, 1.165) is 61.7 Å². The molecule has 0 bridgehead atoms. The van der Waals surface area contributed by atoms with Crippen LogP contribution in [-0.4, -0.2) is 61.7 Å². The fraction of sp³-hybridized carbons (Fsp3) is 0.614. The van der Waals surface area contributed by atoms with E-state index in [1.807, 2.05) is 6.92 Å². The Morgan fingerprint density at radius 1 is 0.678 bits per heavy atom. The number of unbranched alkanes of at least 4 members (excludes halogenated alkanes) is 2. The molecule has 3 fully saturated rings. The number of rotatable bonds is 17. The van der Waals surface area contributed by atoms with Gasteiger partial charge in [-0.1, -0.05) is 50.4 Å². The minimum atomic E-state index is -0.732. The Bertz CT molecular complexity index is 1780. The van der Waals surface area contributed by atoms with Crippen molar-refractivity contribution < 1.29 is 57.2 Å². The summed E-state index contributed by atoms with van der Waals surface area (Å²) < 4.78 is 33.8. The Morgan fingerprint density at radius 3 is 1.68 bits per heavy atom. The third kappa shape index (κ3) is 13.1. The first-order valence-corrected chi connectivity index (χ1v) is 22.6. The lowest BCUT2D eigenvalue weighted by Gasteiger charge is -2.30. The molecule has 1 heterocycles. The van der Waals surface area contributed by atoms with Crippen molar-refractivity contribution in [2.75, 3.05) is 19.8 Å². The maximum atomic E-state index is 13.6. The first kappa shape index (κ1) is 45.8. The van der Waals surface area contributed by atoms with Gasteiger partial charge in [0, 0.05) is 6.08 Å². The second-order valence-electron chi connectivity index (χ2n) is 15.7. The summed E-state index contributed by atoms with van der Waals surface area (Å²) in [6.07, 6.45) is 10.9. The van der Waals surface area contributed by atoms with Crippen molar-refractivity contribution in [3.63, 3.8) is 0 Å². The van der Waals surface area contributed by atoms with Gasteiger partial charge in [0.25, 0.3) is 5.70 Å². The lowest BCUT2D eigenvalue weighted by Crippen LogP contribution is -2.33. The normalized spacial score (nSPS) is 24.6. The van der Waals surface area contributed by atoms with Crippen molar-refractivity contribution in [1.82, 2.24) is 0 Å². The van der Waals surface area contributed by atoms with Crippen molar-refractivity contribution >= 4 is 59.3 Å². The molecule has 0 atom stereocenters. The number of carbonyl (C=O) groups excluding carboxylic acids is 6. The van der Waals surface area contributed by atoms with Crippen molar-refractivity contribution in [2.45, 2.75) is 132 Å². The first-order valence-electron chi connectivity index (χ1n) is 20.9. The minimum Gasteiger partial charge on any atom is -0.471 e. The zero-order valence-corrected chi connectivity index (χ0v) is 35.6. The van der Waals surface area contributed by atoms with E-state index >= 15 is 0 Å². The molecule has 1 aliphatic heterocycles. The van der Waals surface area contributed by atoms with Crippen LogP contribution in [0.25, 0.3) is 4.85 Å². The fourth-order valence-corrected chi connectivity index (χ4v) is 10.1. The molecule has 0 radical (unpaired) electrons. The molecule has 0 amide bonds. The summed E-state index contributed by atoms with van der Waals surface area (Å²) in [7, 11) is 0. The third-order valence-corrected chi connectivity index (χ3v) is 13.9. The summed E-state index contributed by atoms with van der Waals surface area (Å²) >= 11 is 2.25. The predicted molar refractivity (Wildman–Crippen MR) is 219 cm³/mol. The molecule has 15 heteroatoms. The molecule has 0 aromatic heterocycles. The smallest absolute Gasteiger partial charge is 0.338 e. The number of nitrogens with zero attached hydrogens (tertiary/aromatic N) is 1. The van der Waals surface area contributed by atoms with Crippen molar-refractivity contribution in [3.8, 4) is 11.5 Å². The molecular formula is C44H55NO12S2. The van der Waals surface area contributed by atoms with Gasteiger partial charge in [0.1, 0.15) is 17.6 Å². The highest BCUT2D eigenvalue weighted by Crippen LogP contribution is 2.59. The molecule has 3 aliphatic carbocycles. The number of hydrogen-bond acceptors (Lipinski definition) is 14. The minimum absolute atomic E-state index is 0.180. The van der Waals surface area contributed by atoms with Crippen LogP contribution in [0, 0.1) is 36.2 Å². The maximum absolute atomic E-state index is 13.6. The summed E-state index contributed by atoms with van der Waals surface area (Å²) in [6, 6.07) is 3.18. The average Bonchev–Trinajstić information content (AvgIpc) is 3.69. The van der Waals surface area contributed by atoms with E-state index < -0.39 is 23.8 Å². The summed E-state index contributed by atoms with van der Waals surface area (Å²) in [6.45, 7) is 15.9. The molecule has 13 nitrogen and oxygen atoms in total. The molecule has 59 heavy (non-hydrogen) atoms. The quantitative estimate of drug-likeness (QED) is 0.0365. The van der Waals surface area contributed by atoms with Gasteiger partial charge in [0.2, 0.25) is 0 Å². The molecule has 5 rings (SSSR count). The number of benzene rings is 1. The van der Waals surface area contributed by atoms with Gasteiger partial charge >= 0.3 is 35.8 Å². The second kappa shape index (κ2) is 22.9. The summed E-state index contributed by atoms with van der Waals surface area (Å²) in [4.78, 5) is 80.9. The zero-order chi connectivity index (χ0) is 42.3. The van der Waals surface area contributed by atoms with Crippen LogP contribution in [0.1, 0.15) is 117 Å². The van der Waals surface area contributed by atoms with Gasteiger partial charge in [-0.05, 0) is 114 Å². The predicted octanol–water partition coefficient (Wildman–Crippen LogP) is 8.91. The van der Waals surface area contributed by atoms with Crippen LogP contribution in [0.15, 0.2) is 44.5 Å². The molecule has 1 aromatic rings. The van der Waals surface area contributed by atoms with Crippen molar-refractivity contribution in [3.05, 3.63) is 46.1 Å². The molecule has 0 N–H and O–H groups in total. The van der Waals surface area contributed by atoms with E-state index in [1.54, 1.807) is 12.1 Å². The van der Waals surface area contributed by atoms with Crippen LogP contribution >= 0.6 is 23.5 Å². The Kier molecular flexibility index (Phi) is 17.8. The van der Waals surface area contributed by atoms with Gasteiger partial charge in [-0.2, -0.15) is 0 Å². The van der Waals surface area contributed by atoms with Gasteiger partial charge in [0.15, 0.2) is 0 Å². The summed E-state index contributed by atoms with van der Waals surface area (Å²) in [5, 5.41) is 0. The Balaban J connectivity index is 1.12. The van der Waals surface area contributed by atoms with Gasteiger partial charge < -0.3 is 28.4 Å². The number of carbonyl (C=O) groups is 6. The van der Waals surface area contributed by atoms with Crippen molar-refractivity contribution in [2.24, 2.45) is 29.6 Å². The molecule has 0 unspecified atom stereocenters. The number of fused-ring (bicyclic) bond motifs is 1. The van der Waals surface area contributed by atoms with Gasteiger partial charge in [-0.3, -0.25) is 24.0 Å². The highest BCUT2D eigenvalue weighted by Gasteiger charge is 2.37. The van der Waals surface area contributed by atoms with E-state index in [-0.39, 0.29) is 78.8 Å². The number of esters is 6. The molecule has 0 spiro atoms. The van der Waals surface area contributed by atoms with Crippen LogP contribution < -0.4 is 9.47 Å². The van der Waals surface area contributed by atoms with E-state index in [1.165, 1.54) is 0 Å². The molecule has 0 saturated heterocycles. The van der Waals surface area contributed by atoms with Crippen LogP contribution in [-0.2, 0) is 47.7 Å². The Labute approximate surface area is 354 Å². The maximum Gasteiger partial charge on any atom is 0.338 e. The third-order valence-electron chi connectivity index (χ3n) is 11.3. The molecule has 320 valence electrons. The molecular weight excluding hydrogens is 799 g/mol. The molecule has 4 aliphatic rings. The topological polar surface area (TPSA) is 162 Å². The summed E-state index contributed by atoms with van der Waals surface area (Å²) in [5.74, 6) is -2.65. The van der Waals surface area contributed by atoms with Crippen LogP contribution in [0.2, 0.25) is 0 Å². The van der Waals surface area contributed by atoms with Gasteiger partial charge in [0.05, 0.1) is 64.1 Å². The van der Waals surface area contributed by atoms with Crippen LogP contribution in [0.4, 0.5) is 0 Å². The van der Waals surface area contributed by atoms with Crippen LogP contribution in [0.3, 0.4) is 0 Å². The van der Waals surface area contributed by atoms with E-state index in [4.69, 9.17) is 35.0 Å². The monoisotopic (exact) mass is 853 g/mol. The molecule has 3 saturated carbocycles. The lowest BCUT2D eigenvalue weighted by atomic mass is 9.82. The average molecular weight is 854 g/mol. The largest absolute Gasteiger partial charge is 0.471 e. The highest BCUT2D eigenvalue weighted by molar-refractivity contribution is 8.24. The number of thioether (sulfide) groups is 2. The van der Waals surface area contributed by atoms with Gasteiger partial charge in [-0.25, -0.2) is 9.64 Å². The highest BCUT2D eigenvalue weighted by atomic mass is 32.2. The summed E-state index contributed by atoms with van der Waals surface area (Å²) in [5.41, 5.74) is -0.180. The Morgan fingerprint density at radius 2 is 1.15 bits per heavy atom. The first-order chi connectivity index (χ1) is 28.5. The van der Waals surface area contributed by atoms with E-state index in [9.17, 15) is 28.8 Å². The van der Waals surface area contributed by atoms with E-state index in [2.05, 4.69) is 18.3 Å². The van der Waals surface area contributed by atoms with E-state index in [0.29, 0.717) is 90.6 Å². The molecule has 1 aromatic carbocycles. The van der Waals surface area contributed by atoms with Crippen molar-refractivity contribution in [1.29, 1.82) is 0 Å². The Hall–Kier alpha value is -4.29. The standard InChI is InChI=1S/C44H55NO12S2/c1-5-7-24-54-43(51)36(45-4)44-58-37-33(56-41(49)29-12-10-27(3)11-13-29)22-23-34(38(37)59-44)57-42(50)31-18-20-32(21-19-31)55-40(48)30-16-14-28(15-17-30)39(47)53-26-9-8-25-52-35(46)6-2/h6,22-23,27-32H,2,5,7-21,24-26H2,1,3H3/b44-36-. The fourth-order valence-electron chi connectivity index (χ4n) is 7.58. The number of ether oxygens (including phenoxy) is 6. The lowest BCUT2D eigenvalue weighted by molar-refractivity contribution is -0.160. The second-order valence-corrected chi connectivity index (χ2v) is 18.0. The number of hydrogen-bond donors (Lipinski definition) is 0.